The summed E-state index contributed by atoms with van der Waals surface area (Å²) < 4.78 is 3.26. The van der Waals surface area contributed by atoms with Gasteiger partial charge in [-0.2, -0.15) is 0 Å². The summed E-state index contributed by atoms with van der Waals surface area (Å²) in [5.41, 5.74) is 4.18. The van der Waals surface area contributed by atoms with E-state index in [2.05, 4.69) is 48.6 Å². The number of benzene rings is 1. The normalized spacial score (nSPS) is 10.7. The minimum Gasteiger partial charge on any atom is -0.344 e. The van der Waals surface area contributed by atoms with Gasteiger partial charge in [0.15, 0.2) is 5.78 Å². The van der Waals surface area contributed by atoms with Crippen LogP contribution in [0, 0.1) is 13.8 Å². The van der Waals surface area contributed by atoms with E-state index in [4.69, 9.17) is 0 Å². The molecule has 2 nitrogen and oxygen atoms in total. The number of hydrogen-bond donors (Lipinski definition) is 0. The lowest BCUT2D eigenvalue weighted by molar-refractivity contribution is 0.102. The number of carbonyl (C=O) groups is 1. The van der Waals surface area contributed by atoms with Crippen molar-refractivity contribution in [3.63, 3.8) is 0 Å². The minimum absolute atomic E-state index is 0.134. The molecule has 4 heteroatoms. The molecule has 0 N–H and O–H groups in total. The van der Waals surface area contributed by atoms with Gasteiger partial charge in [-0.15, -0.1) is 0 Å². The maximum absolute atomic E-state index is 11.8. The standard InChI is InChI=1S/C15H15Br2NO/c1-10-7-14(15(19)8-16)11(2)18(10)9-12-3-5-13(17)6-4-12/h3-7H,8-9H2,1-2H3. The second-order valence-corrected chi connectivity index (χ2v) is 6.03. The summed E-state index contributed by atoms with van der Waals surface area (Å²) in [5, 5.41) is 0.371. The zero-order valence-electron chi connectivity index (χ0n) is 10.9. The number of rotatable bonds is 4. The van der Waals surface area contributed by atoms with Crippen molar-refractivity contribution in [2.75, 3.05) is 5.33 Å². The molecule has 0 aliphatic heterocycles. The fourth-order valence-corrected chi connectivity index (χ4v) is 2.74. The van der Waals surface area contributed by atoms with Crippen molar-refractivity contribution in [1.29, 1.82) is 0 Å². The van der Waals surface area contributed by atoms with Gasteiger partial charge < -0.3 is 4.57 Å². The topological polar surface area (TPSA) is 22.0 Å². The fraction of sp³-hybridized carbons (Fsp3) is 0.267. The van der Waals surface area contributed by atoms with Gasteiger partial charge in [-0.05, 0) is 37.6 Å². The molecule has 19 heavy (non-hydrogen) atoms. The summed E-state index contributed by atoms with van der Waals surface area (Å²) in [4.78, 5) is 11.8. The average molecular weight is 385 g/mol. The molecule has 2 aromatic rings. The number of Topliss-reactive ketones (excluding diaryl/α,β-unsaturated/α-hetero) is 1. The molecule has 100 valence electrons. The molecule has 0 unspecified atom stereocenters. The highest BCUT2D eigenvalue weighted by Gasteiger charge is 2.14. The van der Waals surface area contributed by atoms with Gasteiger partial charge in [0.2, 0.25) is 0 Å². The van der Waals surface area contributed by atoms with Crippen molar-refractivity contribution in [1.82, 2.24) is 4.57 Å². The van der Waals surface area contributed by atoms with Crippen LogP contribution in [-0.4, -0.2) is 15.7 Å². The van der Waals surface area contributed by atoms with Gasteiger partial charge in [0.1, 0.15) is 0 Å². The smallest absolute Gasteiger partial charge is 0.175 e. The van der Waals surface area contributed by atoms with Crippen LogP contribution in [0.5, 0.6) is 0 Å². The summed E-state index contributed by atoms with van der Waals surface area (Å²) >= 11 is 6.67. The molecular formula is C15H15Br2NO. The quantitative estimate of drug-likeness (QED) is 0.562. The van der Waals surface area contributed by atoms with E-state index in [0.717, 1.165) is 28.0 Å². The number of ketones is 1. The first-order valence-electron chi connectivity index (χ1n) is 6.03. The number of aryl methyl sites for hydroxylation is 1. The van der Waals surface area contributed by atoms with Crippen molar-refractivity contribution >= 4 is 37.6 Å². The molecule has 0 atom stereocenters. The van der Waals surface area contributed by atoms with Crippen LogP contribution in [0.4, 0.5) is 0 Å². The Labute approximate surface area is 130 Å². The first-order valence-corrected chi connectivity index (χ1v) is 7.94. The third kappa shape index (κ3) is 3.18. The first kappa shape index (κ1) is 14.5. The van der Waals surface area contributed by atoms with E-state index < -0.39 is 0 Å². The molecule has 0 aliphatic carbocycles. The summed E-state index contributed by atoms with van der Waals surface area (Å²) in [6.07, 6.45) is 0. The molecule has 0 spiro atoms. The molecular weight excluding hydrogens is 370 g/mol. The van der Waals surface area contributed by atoms with Crippen molar-refractivity contribution in [3.8, 4) is 0 Å². The Morgan fingerprint density at radius 1 is 1.21 bits per heavy atom. The zero-order chi connectivity index (χ0) is 14.0. The summed E-state index contributed by atoms with van der Waals surface area (Å²) in [7, 11) is 0. The number of aromatic nitrogens is 1. The Balaban J connectivity index is 2.33. The fourth-order valence-electron chi connectivity index (χ4n) is 2.17. The third-order valence-electron chi connectivity index (χ3n) is 3.25. The zero-order valence-corrected chi connectivity index (χ0v) is 14.1. The number of carbonyl (C=O) groups excluding carboxylic acids is 1. The maximum atomic E-state index is 11.8. The average Bonchev–Trinajstić information content (AvgIpc) is 2.68. The van der Waals surface area contributed by atoms with Crippen molar-refractivity contribution in [2.24, 2.45) is 0 Å². The monoisotopic (exact) mass is 383 g/mol. The lowest BCUT2D eigenvalue weighted by Crippen LogP contribution is -2.06. The van der Waals surface area contributed by atoms with Crippen LogP contribution in [0.15, 0.2) is 34.8 Å². The predicted molar refractivity (Wildman–Crippen MR) is 85.3 cm³/mol. The molecule has 0 radical (unpaired) electrons. The van der Waals surface area contributed by atoms with E-state index >= 15 is 0 Å². The second-order valence-electron chi connectivity index (χ2n) is 4.55. The van der Waals surface area contributed by atoms with Crippen LogP contribution < -0.4 is 0 Å². The van der Waals surface area contributed by atoms with Gasteiger partial charge in [-0.3, -0.25) is 4.79 Å². The van der Waals surface area contributed by atoms with Crippen LogP contribution in [0.1, 0.15) is 27.3 Å². The number of hydrogen-bond acceptors (Lipinski definition) is 1. The van der Waals surface area contributed by atoms with Crippen LogP contribution in [0.3, 0.4) is 0 Å². The van der Waals surface area contributed by atoms with Crippen LogP contribution in [0.2, 0.25) is 0 Å². The molecule has 0 amide bonds. The molecule has 1 heterocycles. The number of alkyl halides is 1. The van der Waals surface area contributed by atoms with Crippen molar-refractivity contribution in [2.45, 2.75) is 20.4 Å². The van der Waals surface area contributed by atoms with Crippen molar-refractivity contribution in [3.05, 3.63) is 57.3 Å². The highest BCUT2D eigenvalue weighted by atomic mass is 79.9. The van der Waals surface area contributed by atoms with Crippen LogP contribution in [-0.2, 0) is 6.54 Å². The maximum Gasteiger partial charge on any atom is 0.175 e. The predicted octanol–water partition coefficient (Wildman–Crippen LogP) is 4.49. The lowest BCUT2D eigenvalue weighted by atomic mass is 10.2. The lowest BCUT2D eigenvalue weighted by Gasteiger charge is -2.10. The summed E-state index contributed by atoms with van der Waals surface area (Å²) in [6.45, 7) is 4.83. The third-order valence-corrected chi connectivity index (χ3v) is 4.29. The molecule has 2 rings (SSSR count). The minimum atomic E-state index is 0.134. The van der Waals surface area contributed by atoms with Gasteiger partial charge in [-0.1, -0.05) is 44.0 Å². The van der Waals surface area contributed by atoms with E-state index in [1.807, 2.05) is 32.0 Å². The molecule has 0 saturated carbocycles. The van der Waals surface area contributed by atoms with Gasteiger partial charge in [0, 0.05) is 28.0 Å². The number of nitrogens with zero attached hydrogens (tertiary/aromatic N) is 1. The van der Waals surface area contributed by atoms with Gasteiger partial charge >= 0.3 is 0 Å². The van der Waals surface area contributed by atoms with E-state index in [1.54, 1.807) is 0 Å². The van der Waals surface area contributed by atoms with Crippen LogP contribution >= 0.6 is 31.9 Å². The molecule has 0 bridgehead atoms. The first-order chi connectivity index (χ1) is 9.02. The summed E-state index contributed by atoms with van der Waals surface area (Å²) in [6, 6.07) is 10.2. The Morgan fingerprint density at radius 2 is 1.84 bits per heavy atom. The van der Waals surface area contributed by atoms with E-state index in [-0.39, 0.29) is 5.78 Å². The molecule has 1 aromatic heterocycles. The molecule has 0 saturated heterocycles. The summed E-state index contributed by atoms with van der Waals surface area (Å²) in [5.74, 6) is 0.134. The van der Waals surface area contributed by atoms with E-state index in [1.165, 1.54) is 5.56 Å². The van der Waals surface area contributed by atoms with Gasteiger partial charge in [0.25, 0.3) is 0 Å². The Bertz CT molecular complexity index is 599. The second kappa shape index (κ2) is 6.06. The Morgan fingerprint density at radius 3 is 2.42 bits per heavy atom. The largest absolute Gasteiger partial charge is 0.344 e. The highest BCUT2D eigenvalue weighted by Crippen LogP contribution is 2.19. The molecule has 0 aliphatic rings. The number of halogens is 2. The SMILES string of the molecule is Cc1cc(C(=O)CBr)c(C)n1Cc1ccc(Br)cc1. The van der Waals surface area contributed by atoms with Gasteiger partial charge in [0.05, 0.1) is 5.33 Å². The van der Waals surface area contributed by atoms with E-state index in [0.29, 0.717) is 5.33 Å². The van der Waals surface area contributed by atoms with E-state index in [9.17, 15) is 4.79 Å². The molecule has 1 aromatic carbocycles. The van der Waals surface area contributed by atoms with Crippen LogP contribution in [0.25, 0.3) is 0 Å². The van der Waals surface area contributed by atoms with Gasteiger partial charge in [-0.25, -0.2) is 0 Å². The Kier molecular flexibility index (Phi) is 4.63. The Hall–Kier alpha value is -0.870. The highest BCUT2D eigenvalue weighted by molar-refractivity contribution is 9.10. The molecule has 0 fully saturated rings. The van der Waals surface area contributed by atoms with Crippen molar-refractivity contribution < 1.29 is 4.79 Å².